The Morgan fingerprint density at radius 1 is 1.28 bits per heavy atom. The normalized spacial score (nSPS) is 10.9. The lowest BCUT2D eigenvalue weighted by Crippen LogP contribution is -2.12. The second-order valence-electron chi connectivity index (χ2n) is 3.50. The van der Waals surface area contributed by atoms with Crippen molar-refractivity contribution >= 4 is 11.9 Å². The number of esters is 1. The van der Waals surface area contributed by atoms with Crippen molar-refractivity contribution in [2.75, 3.05) is 6.61 Å². The Labute approximate surface area is 106 Å². The number of primary amides is 1. The van der Waals surface area contributed by atoms with Gasteiger partial charge in [0.05, 0.1) is 5.56 Å². The fourth-order valence-electron chi connectivity index (χ4n) is 1.25. The van der Waals surface area contributed by atoms with Crippen LogP contribution >= 0.6 is 0 Å². The van der Waals surface area contributed by atoms with Crippen LogP contribution in [-0.4, -0.2) is 18.5 Å². The molecule has 0 bridgehead atoms. The Hall–Kier alpha value is -2.36. The molecule has 0 aliphatic carbocycles. The number of benzene rings is 1. The van der Waals surface area contributed by atoms with Gasteiger partial charge in [0.2, 0.25) is 5.91 Å². The van der Waals surface area contributed by atoms with Crippen LogP contribution in [0.15, 0.2) is 48.6 Å². The van der Waals surface area contributed by atoms with E-state index < -0.39 is 11.9 Å². The summed E-state index contributed by atoms with van der Waals surface area (Å²) in [5, 5.41) is 0. The molecule has 1 rings (SSSR count). The Kier molecular flexibility index (Phi) is 5.38. The maximum absolute atomic E-state index is 11.6. The van der Waals surface area contributed by atoms with Crippen molar-refractivity contribution in [3.8, 4) is 0 Å². The van der Waals surface area contributed by atoms with Crippen molar-refractivity contribution < 1.29 is 14.3 Å². The van der Waals surface area contributed by atoms with Gasteiger partial charge < -0.3 is 10.5 Å². The molecule has 0 atom stereocenters. The van der Waals surface area contributed by atoms with Gasteiger partial charge in [0.25, 0.3) is 0 Å². The number of amides is 1. The molecule has 0 spiro atoms. The molecule has 0 aliphatic heterocycles. The summed E-state index contributed by atoms with van der Waals surface area (Å²) in [6, 6.07) is 6.13. The molecule has 4 nitrogen and oxygen atoms in total. The summed E-state index contributed by atoms with van der Waals surface area (Å²) in [6.45, 7) is 2.08. The fraction of sp³-hybridized carbons (Fsp3) is 0.143. The molecule has 4 heteroatoms. The minimum atomic E-state index is -0.572. The van der Waals surface area contributed by atoms with Gasteiger partial charge in [-0.15, -0.1) is 0 Å². The molecule has 0 saturated heterocycles. The summed E-state index contributed by atoms with van der Waals surface area (Å²) < 4.78 is 5.00. The molecule has 0 unspecified atom stereocenters. The summed E-state index contributed by atoms with van der Waals surface area (Å²) in [6.07, 6.45) is 7.21. The van der Waals surface area contributed by atoms with Crippen LogP contribution in [0.5, 0.6) is 0 Å². The maximum atomic E-state index is 11.6. The van der Waals surface area contributed by atoms with Crippen molar-refractivity contribution in [1.29, 1.82) is 0 Å². The van der Waals surface area contributed by atoms with Crippen LogP contribution < -0.4 is 5.73 Å². The van der Waals surface area contributed by atoms with Gasteiger partial charge in [-0.2, -0.15) is 0 Å². The molecule has 0 fully saturated rings. The number of carbonyl (C=O) groups excluding carboxylic acids is 2. The quantitative estimate of drug-likeness (QED) is 0.637. The maximum Gasteiger partial charge on any atom is 0.338 e. The van der Waals surface area contributed by atoms with Gasteiger partial charge in [-0.05, 0) is 31.2 Å². The topological polar surface area (TPSA) is 69.4 Å². The molecule has 94 valence electrons. The molecule has 0 radical (unpaired) electrons. The summed E-state index contributed by atoms with van der Waals surface area (Å²) >= 11 is 0. The van der Waals surface area contributed by atoms with Crippen LogP contribution in [0.1, 0.15) is 27.6 Å². The lowest BCUT2D eigenvalue weighted by Gasteiger charge is -2.02. The molecule has 0 aromatic heterocycles. The Balaban J connectivity index is 2.61. The number of carbonyl (C=O) groups is 2. The lowest BCUT2D eigenvalue weighted by atomic mass is 10.1. The summed E-state index contributed by atoms with van der Waals surface area (Å²) in [4.78, 5) is 22.6. The van der Waals surface area contributed by atoms with Gasteiger partial charge in [0, 0.05) is 5.56 Å². The van der Waals surface area contributed by atoms with Crippen molar-refractivity contribution in [1.82, 2.24) is 0 Å². The molecule has 2 N–H and O–H groups in total. The number of rotatable bonds is 5. The molecule has 18 heavy (non-hydrogen) atoms. The van der Waals surface area contributed by atoms with Crippen LogP contribution in [0.25, 0.3) is 0 Å². The molecule has 1 aromatic carbocycles. The van der Waals surface area contributed by atoms with Crippen molar-refractivity contribution in [3.05, 3.63) is 59.7 Å². The van der Waals surface area contributed by atoms with E-state index in [2.05, 4.69) is 0 Å². The minimum Gasteiger partial charge on any atom is -0.458 e. The van der Waals surface area contributed by atoms with E-state index in [1.54, 1.807) is 30.4 Å². The highest BCUT2D eigenvalue weighted by Gasteiger charge is 2.08. The second-order valence-corrected chi connectivity index (χ2v) is 3.50. The first kappa shape index (κ1) is 13.7. The highest BCUT2D eigenvalue weighted by Crippen LogP contribution is 2.06. The number of nitrogens with two attached hydrogens (primary N) is 1. The van der Waals surface area contributed by atoms with E-state index in [-0.39, 0.29) is 12.2 Å². The zero-order valence-electron chi connectivity index (χ0n) is 10.1. The second kappa shape index (κ2) is 7.06. The first-order valence-corrected chi connectivity index (χ1v) is 5.50. The molecule has 0 heterocycles. The van der Waals surface area contributed by atoms with Gasteiger partial charge in [-0.3, -0.25) is 4.79 Å². The number of ether oxygens (including phenoxy) is 1. The van der Waals surface area contributed by atoms with Crippen LogP contribution in [0.4, 0.5) is 0 Å². The SMILES string of the molecule is C/C=C/C=C/COC(=O)c1cccc(C(N)=O)c1. The standard InChI is InChI=1S/C14H15NO3/c1-2-3-4-5-9-18-14(17)12-8-6-7-11(10-12)13(15)16/h2-8,10H,9H2,1H3,(H2,15,16)/b3-2+,5-4+. The van der Waals surface area contributed by atoms with E-state index >= 15 is 0 Å². The van der Waals surface area contributed by atoms with E-state index in [9.17, 15) is 9.59 Å². The average molecular weight is 245 g/mol. The van der Waals surface area contributed by atoms with Crippen LogP contribution in [0.3, 0.4) is 0 Å². The van der Waals surface area contributed by atoms with E-state index in [0.29, 0.717) is 5.56 Å². The Bertz CT molecular complexity index is 490. The van der Waals surface area contributed by atoms with E-state index in [1.807, 2.05) is 19.1 Å². The fourth-order valence-corrected chi connectivity index (χ4v) is 1.25. The third-order valence-corrected chi connectivity index (χ3v) is 2.13. The predicted octanol–water partition coefficient (Wildman–Crippen LogP) is 2.07. The van der Waals surface area contributed by atoms with Gasteiger partial charge >= 0.3 is 5.97 Å². The van der Waals surface area contributed by atoms with Crippen molar-refractivity contribution in [3.63, 3.8) is 0 Å². The highest BCUT2D eigenvalue weighted by atomic mass is 16.5. The Morgan fingerprint density at radius 2 is 2.00 bits per heavy atom. The van der Waals surface area contributed by atoms with Gasteiger partial charge in [-0.1, -0.05) is 24.3 Å². The first-order chi connectivity index (χ1) is 8.65. The van der Waals surface area contributed by atoms with Gasteiger partial charge in [0.15, 0.2) is 0 Å². The molecule has 0 aliphatic rings. The minimum absolute atomic E-state index is 0.184. The van der Waals surface area contributed by atoms with Crippen LogP contribution in [0, 0.1) is 0 Å². The molecular weight excluding hydrogens is 230 g/mol. The third kappa shape index (κ3) is 4.25. The smallest absolute Gasteiger partial charge is 0.338 e. The largest absolute Gasteiger partial charge is 0.458 e. The van der Waals surface area contributed by atoms with Gasteiger partial charge in [0.1, 0.15) is 6.61 Å². The van der Waals surface area contributed by atoms with Crippen molar-refractivity contribution in [2.45, 2.75) is 6.92 Å². The third-order valence-electron chi connectivity index (χ3n) is 2.13. The monoisotopic (exact) mass is 245 g/mol. The lowest BCUT2D eigenvalue weighted by molar-refractivity contribution is 0.0549. The highest BCUT2D eigenvalue weighted by molar-refractivity contribution is 5.97. The summed E-state index contributed by atoms with van der Waals surface area (Å²) in [5.41, 5.74) is 5.72. The average Bonchev–Trinajstić information content (AvgIpc) is 2.38. The van der Waals surface area contributed by atoms with E-state index in [1.165, 1.54) is 6.07 Å². The molecule has 1 amide bonds. The van der Waals surface area contributed by atoms with Crippen LogP contribution in [-0.2, 0) is 4.74 Å². The summed E-state index contributed by atoms with van der Waals surface area (Å²) in [7, 11) is 0. The molecular formula is C14H15NO3. The predicted molar refractivity (Wildman–Crippen MR) is 69.2 cm³/mol. The number of hydrogen-bond donors (Lipinski definition) is 1. The zero-order chi connectivity index (χ0) is 13.4. The Morgan fingerprint density at radius 3 is 2.67 bits per heavy atom. The number of allylic oxidation sites excluding steroid dienone is 3. The van der Waals surface area contributed by atoms with E-state index in [4.69, 9.17) is 10.5 Å². The summed E-state index contributed by atoms with van der Waals surface area (Å²) in [5.74, 6) is -1.05. The van der Waals surface area contributed by atoms with Crippen molar-refractivity contribution in [2.24, 2.45) is 5.73 Å². The molecule has 1 aromatic rings. The molecule has 0 saturated carbocycles. The first-order valence-electron chi connectivity index (χ1n) is 5.50. The van der Waals surface area contributed by atoms with E-state index in [0.717, 1.165) is 0 Å². The van der Waals surface area contributed by atoms with Gasteiger partial charge in [-0.25, -0.2) is 4.79 Å². The zero-order valence-corrected chi connectivity index (χ0v) is 10.1. The van der Waals surface area contributed by atoms with Crippen LogP contribution in [0.2, 0.25) is 0 Å². The number of hydrogen-bond acceptors (Lipinski definition) is 3.